The van der Waals surface area contributed by atoms with E-state index in [-0.39, 0.29) is 0 Å². The Bertz CT molecular complexity index is 2810. The first kappa shape index (κ1) is 26.7. The summed E-state index contributed by atoms with van der Waals surface area (Å²) in [7, 11) is 0. The highest BCUT2D eigenvalue weighted by molar-refractivity contribution is 6.26. The number of para-hydroxylation sites is 2. The Morgan fingerprint density at radius 3 is 1.71 bits per heavy atom. The fourth-order valence-electron chi connectivity index (χ4n) is 7.55. The van der Waals surface area contributed by atoms with Gasteiger partial charge >= 0.3 is 0 Å². The molecule has 0 unspecified atom stereocenters. The van der Waals surface area contributed by atoms with E-state index in [9.17, 15) is 0 Å². The van der Waals surface area contributed by atoms with Gasteiger partial charge in [0.05, 0.1) is 27.8 Å². The molecule has 0 aliphatic rings. The lowest BCUT2D eigenvalue weighted by Crippen LogP contribution is -2.00. The molecule has 3 nitrogen and oxygen atoms in total. The average Bonchev–Trinajstić information content (AvgIpc) is 3.68. The first-order valence-electron chi connectivity index (χ1n) is 16.4. The van der Waals surface area contributed by atoms with Gasteiger partial charge in [-0.1, -0.05) is 140 Å². The van der Waals surface area contributed by atoms with E-state index < -0.39 is 0 Å². The summed E-state index contributed by atoms with van der Waals surface area (Å²) in [6, 6.07) is 63.0. The minimum atomic E-state index is 0.937. The summed E-state index contributed by atoms with van der Waals surface area (Å²) in [4.78, 5) is 5.41. The lowest BCUT2D eigenvalue weighted by Gasteiger charge is -2.13. The second-order valence-electron chi connectivity index (χ2n) is 12.4. The fourth-order valence-corrected chi connectivity index (χ4v) is 7.55. The van der Waals surface area contributed by atoms with Crippen molar-refractivity contribution in [3.63, 3.8) is 0 Å². The SMILES string of the molecule is c1ccc(-c2ccc(-n3c4ccccc4c4ccc5c(c6ccccc6n5-c5nc(-c6ccccc6)cc6ccccc56)c43)cc2)cc1. The smallest absolute Gasteiger partial charge is 0.146 e. The van der Waals surface area contributed by atoms with Crippen LogP contribution < -0.4 is 0 Å². The number of fused-ring (bicyclic) bond motifs is 8. The summed E-state index contributed by atoms with van der Waals surface area (Å²) >= 11 is 0. The molecule has 0 bridgehead atoms. The number of hydrogen-bond donors (Lipinski definition) is 0. The van der Waals surface area contributed by atoms with Crippen LogP contribution in [0.4, 0.5) is 0 Å². The normalized spacial score (nSPS) is 11.8. The molecule has 0 spiro atoms. The van der Waals surface area contributed by atoms with E-state index in [1.165, 1.54) is 49.1 Å². The van der Waals surface area contributed by atoms with Crippen LogP contribution in [0.25, 0.3) is 88.3 Å². The Morgan fingerprint density at radius 1 is 0.375 bits per heavy atom. The number of pyridine rings is 1. The molecule has 0 N–H and O–H groups in total. The highest BCUT2D eigenvalue weighted by atomic mass is 15.1. The number of rotatable bonds is 4. The first-order chi connectivity index (χ1) is 23.8. The Labute approximate surface area is 277 Å². The maximum atomic E-state index is 5.41. The van der Waals surface area contributed by atoms with Gasteiger partial charge in [0.1, 0.15) is 5.82 Å². The Morgan fingerprint density at radius 2 is 0.958 bits per heavy atom. The molecule has 48 heavy (non-hydrogen) atoms. The highest BCUT2D eigenvalue weighted by Crippen LogP contribution is 2.43. The molecule has 0 aliphatic heterocycles. The zero-order valence-corrected chi connectivity index (χ0v) is 26.1. The molecule has 7 aromatic carbocycles. The second kappa shape index (κ2) is 10.5. The summed E-state index contributed by atoms with van der Waals surface area (Å²) in [6.07, 6.45) is 0. The molecule has 0 radical (unpaired) electrons. The van der Waals surface area contributed by atoms with E-state index in [0.717, 1.165) is 39.2 Å². The summed E-state index contributed by atoms with van der Waals surface area (Å²) in [5.74, 6) is 0.937. The van der Waals surface area contributed by atoms with Gasteiger partial charge in [-0.3, -0.25) is 4.57 Å². The Kier molecular flexibility index (Phi) is 5.87. The minimum absolute atomic E-state index is 0.937. The zero-order valence-electron chi connectivity index (χ0n) is 26.1. The standard InChI is InChI=1S/C45H29N3/c1-3-13-30(14-4-1)31-23-25-34(26-24-31)47-40-21-11-9-19-36(40)37-27-28-42-43(44(37)47)38-20-10-12-22-41(38)48(42)45-35-18-8-7-17-33(35)29-39(46-45)32-15-5-2-6-16-32/h1-29H. The van der Waals surface area contributed by atoms with E-state index in [1.54, 1.807) is 0 Å². The van der Waals surface area contributed by atoms with Gasteiger partial charge in [0, 0.05) is 38.2 Å². The summed E-state index contributed by atoms with van der Waals surface area (Å²) in [5, 5.41) is 7.21. The summed E-state index contributed by atoms with van der Waals surface area (Å²) < 4.78 is 4.82. The molecule has 0 fully saturated rings. The second-order valence-corrected chi connectivity index (χ2v) is 12.4. The predicted molar refractivity (Wildman–Crippen MR) is 201 cm³/mol. The predicted octanol–water partition coefficient (Wildman–Crippen LogP) is 11.8. The van der Waals surface area contributed by atoms with E-state index in [4.69, 9.17) is 4.98 Å². The molecule has 0 aliphatic carbocycles. The molecular weight excluding hydrogens is 583 g/mol. The first-order valence-corrected chi connectivity index (χ1v) is 16.4. The van der Waals surface area contributed by atoms with Gasteiger partial charge in [-0.15, -0.1) is 0 Å². The number of benzene rings is 7. The van der Waals surface area contributed by atoms with Crippen LogP contribution in [0.2, 0.25) is 0 Å². The van der Waals surface area contributed by atoms with Gasteiger partial charge < -0.3 is 4.57 Å². The topological polar surface area (TPSA) is 22.8 Å². The van der Waals surface area contributed by atoms with Gasteiger partial charge in [0.15, 0.2) is 0 Å². The zero-order chi connectivity index (χ0) is 31.6. The summed E-state index contributed by atoms with van der Waals surface area (Å²) in [5.41, 5.74) is 10.3. The molecule has 0 amide bonds. The molecule has 224 valence electrons. The average molecular weight is 612 g/mol. The monoisotopic (exact) mass is 611 g/mol. The van der Waals surface area contributed by atoms with E-state index in [0.29, 0.717) is 0 Å². The minimum Gasteiger partial charge on any atom is -0.309 e. The van der Waals surface area contributed by atoms with Crippen molar-refractivity contribution in [2.24, 2.45) is 0 Å². The van der Waals surface area contributed by atoms with E-state index in [2.05, 4.69) is 185 Å². The largest absolute Gasteiger partial charge is 0.309 e. The van der Waals surface area contributed by atoms with Crippen LogP contribution in [-0.2, 0) is 0 Å². The van der Waals surface area contributed by atoms with E-state index >= 15 is 0 Å². The molecule has 0 atom stereocenters. The van der Waals surface area contributed by atoms with Crippen LogP contribution in [0.3, 0.4) is 0 Å². The van der Waals surface area contributed by atoms with Crippen molar-refractivity contribution in [3.05, 3.63) is 176 Å². The van der Waals surface area contributed by atoms with Crippen molar-refractivity contribution in [1.29, 1.82) is 0 Å². The van der Waals surface area contributed by atoms with Gasteiger partial charge in [0.25, 0.3) is 0 Å². The van der Waals surface area contributed by atoms with Crippen LogP contribution in [0.1, 0.15) is 0 Å². The molecule has 10 rings (SSSR count). The molecule has 3 heteroatoms. The van der Waals surface area contributed by atoms with Crippen molar-refractivity contribution in [2.45, 2.75) is 0 Å². The Hall–Kier alpha value is -6.45. The maximum Gasteiger partial charge on any atom is 0.146 e. The number of hydrogen-bond acceptors (Lipinski definition) is 1. The molecular formula is C45H29N3. The fraction of sp³-hybridized carbons (Fsp3) is 0. The van der Waals surface area contributed by atoms with Crippen molar-refractivity contribution in [1.82, 2.24) is 14.1 Å². The third-order valence-electron chi connectivity index (χ3n) is 9.70. The Balaban J connectivity index is 1.32. The third kappa shape index (κ3) is 3.98. The van der Waals surface area contributed by atoms with Crippen molar-refractivity contribution < 1.29 is 0 Å². The van der Waals surface area contributed by atoms with E-state index in [1.807, 2.05) is 0 Å². The van der Waals surface area contributed by atoms with Gasteiger partial charge in [-0.2, -0.15) is 0 Å². The summed E-state index contributed by atoms with van der Waals surface area (Å²) in [6.45, 7) is 0. The molecule has 0 saturated carbocycles. The molecule has 3 aromatic heterocycles. The molecule has 0 saturated heterocycles. The van der Waals surface area contributed by atoms with Crippen LogP contribution in [0.5, 0.6) is 0 Å². The quantitative estimate of drug-likeness (QED) is 0.194. The van der Waals surface area contributed by atoms with Crippen molar-refractivity contribution >= 4 is 54.4 Å². The van der Waals surface area contributed by atoms with Crippen LogP contribution >= 0.6 is 0 Å². The van der Waals surface area contributed by atoms with Crippen molar-refractivity contribution in [2.75, 3.05) is 0 Å². The number of nitrogens with zero attached hydrogens (tertiary/aromatic N) is 3. The van der Waals surface area contributed by atoms with Gasteiger partial charge in [0.2, 0.25) is 0 Å². The lowest BCUT2D eigenvalue weighted by atomic mass is 10.1. The maximum absolute atomic E-state index is 5.41. The van der Waals surface area contributed by atoms with Gasteiger partial charge in [-0.25, -0.2) is 4.98 Å². The molecule has 10 aromatic rings. The van der Waals surface area contributed by atoms with Crippen LogP contribution in [0.15, 0.2) is 176 Å². The lowest BCUT2D eigenvalue weighted by molar-refractivity contribution is 1.10. The third-order valence-corrected chi connectivity index (χ3v) is 9.70. The van der Waals surface area contributed by atoms with Crippen LogP contribution in [0, 0.1) is 0 Å². The van der Waals surface area contributed by atoms with Crippen LogP contribution in [-0.4, -0.2) is 14.1 Å². The highest BCUT2D eigenvalue weighted by Gasteiger charge is 2.22. The molecule has 3 heterocycles. The van der Waals surface area contributed by atoms with Gasteiger partial charge in [-0.05, 0) is 52.9 Å². The number of aromatic nitrogens is 3. The van der Waals surface area contributed by atoms with Crippen molar-refractivity contribution in [3.8, 4) is 33.9 Å².